The highest BCUT2D eigenvalue weighted by atomic mass is 19.2. The highest BCUT2D eigenvalue weighted by molar-refractivity contribution is 6.89. The van der Waals surface area contributed by atoms with E-state index in [1.165, 1.54) is 0 Å². The smallest absolute Gasteiger partial charge is 0.200 e. The number of rotatable bonds is 3. The van der Waals surface area contributed by atoms with Gasteiger partial charge in [0.1, 0.15) is 42.1 Å². The predicted molar refractivity (Wildman–Crippen MR) is 125 cm³/mol. The summed E-state index contributed by atoms with van der Waals surface area (Å²) in [5.41, 5.74) is -4.16. The van der Waals surface area contributed by atoms with Crippen LogP contribution in [0, 0.1) is 74.9 Å². The van der Waals surface area contributed by atoms with Gasteiger partial charge in [-0.1, -0.05) is 26.2 Å². The normalized spacial score (nSPS) is 26.3. The monoisotopic (exact) mass is 564 g/mol. The van der Waals surface area contributed by atoms with E-state index in [1.54, 1.807) is 0 Å². The molecule has 211 valence electrons. The van der Waals surface area contributed by atoms with Crippen molar-refractivity contribution in [2.24, 2.45) is 16.7 Å². The van der Waals surface area contributed by atoms with E-state index in [1.807, 2.05) is 25.3 Å². The van der Waals surface area contributed by atoms with E-state index in [9.17, 15) is 26.3 Å². The Morgan fingerprint density at radius 1 is 0.590 bits per heavy atom. The second-order valence-electron chi connectivity index (χ2n) is 11.6. The molecule has 1 heterocycles. The Labute approximate surface area is 219 Å². The van der Waals surface area contributed by atoms with Gasteiger partial charge in [-0.2, -0.15) is 10.9 Å². The Morgan fingerprint density at radius 3 is 1.38 bits per heavy atom. The molecule has 3 fully saturated rings. The van der Waals surface area contributed by atoms with Crippen LogP contribution in [0.25, 0.3) is 0 Å². The molecule has 0 unspecified atom stereocenters. The molecule has 0 N–H and O–H groups in total. The van der Waals surface area contributed by atoms with Crippen molar-refractivity contribution in [2.75, 3.05) is 13.1 Å². The van der Waals surface area contributed by atoms with E-state index >= 15 is 17.6 Å². The zero-order valence-electron chi connectivity index (χ0n) is 21.4. The molecular formula is C27H25BF10N. The summed E-state index contributed by atoms with van der Waals surface area (Å²) in [5, 5.41) is 0. The van der Waals surface area contributed by atoms with Gasteiger partial charge in [0.25, 0.3) is 0 Å². The van der Waals surface area contributed by atoms with Gasteiger partial charge in [0.15, 0.2) is 34.9 Å². The molecule has 2 bridgehead atoms. The number of nitrogens with zero attached hydrogens (tertiary/aromatic N) is 1. The summed E-state index contributed by atoms with van der Waals surface area (Å²) in [6, 6.07) is 0. The third-order valence-electron chi connectivity index (χ3n) is 9.78. The van der Waals surface area contributed by atoms with E-state index in [2.05, 4.69) is 0 Å². The Hall–Kier alpha value is -2.53. The number of hydrogen-bond acceptors (Lipinski definition) is 0. The summed E-state index contributed by atoms with van der Waals surface area (Å²) in [5.74, 6) is -25.9. The molecule has 12 heteroatoms. The summed E-state index contributed by atoms with van der Waals surface area (Å²) in [4.78, 5) is 0. The molecule has 1 aliphatic heterocycles. The average molecular weight is 564 g/mol. The molecule has 5 rings (SSSR count). The van der Waals surface area contributed by atoms with Crippen LogP contribution < -0.4 is 10.9 Å². The minimum absolute atomic E-state index is 0.354. The van der Waals surface area contributed by atoms with Crippen molar-refractivity contribution in [3.8, 4) is 0 Å². The van der Waals surface area contributed by atoms with E-state index < -0.39 is 98.4 Å². The van der Waals surface area contributed by atoms with E-state index in [0.29, 0.717) is 44.5 Å². The molecule has 3 aliphatic rings. The van der Waals surface area contributed by atoms with Gasteiger partial charge in [-0.25, -0.2) is 48.5 Å². The summed E-state index contributed by atoms with van der Waals surface area (Å²) >= 11 is 0. The van der Waals surface area contributed by atoms with Crippen LogP contribution in [0.1, 0.15) is 52.9 Å². The standard InChI is InChI=1S/C27H25BF10N/c1-26(2)11-7-8-27(26,3)25(39-9-5-4-6-10-39)12(11)28(13-15(29)19(33)23(37)20(34)16(13)30)14-17(31)21(35)24(38)22(36)18(14)32/h11-12H,4-10H2,1-3H3/t11-,12-,27+/m1/s1. The topological polar surface area (TPSA) is 3.01 Å². The maximum atomic E-state index is 15.4. The molecule has 2 aromatic rings. The maximum Gasteiger partial charge on any atom is 0.200 e. The average Bonchev–Trinajstić information content (AvgIpc) is 3.25. The van der Waals surface area contributed by atoms with Gasteiger partial charge in [0, 0.05) is 18.3 Å². The third kappa shape index (κ3) is 3.64. The van der Waals surface area contributed by atoms with E-state index in [0.717, 1.165) is 6.42 Å². The van der Waals surface area contributed by atoms with Crippen LogP contribution in [0.4, 0.5) is 43.9 Å². The molecular weight excluding hydrogens is 539 g/mol. The van der Waals surface area contributed by atoms with Crippen molar-refractivity contribution in [1.29, 1.82) is 0 Å². The van der Waals surface area contributed by atoms with Crippen molar-refractivity contribution in [3.05, 3.63) is 58.2 Å². The third-order valence-corrected chi connectivity index (χ3v) is 9.78. The zero-order valence-corrected chi connectivity index (χ0v) is 21.4. The van der Waals surface area contributed by atoms with Crippen LogP contribution in [-0.4, -0.2) is 30.1 Å². The van der Waals surface area contributed by atoms with Gasteiger partial charge >= 0.3 is 0 Å². The summed E-state index contributed by atoms with van der Waals surface area (Å²) in [7, 11) is 0. The number of fused-ring (bicyclic) bond motifs is 2. The van der Waals surface area contributed by atoms with Crippen molar-refractivity contribution in [2.45, 2.75) is 58.7 Å². The molecule has 1 radical (unpaired) electrons. The Balaban J connectivity index is 1.93. The molecule has 2 aliphatic carbocycles. The minimum atomic E-state index is -2.50. The molecule has 1 saturated heterocycles. The van der Waals surface area contributed by atoms with Gasteiger partial charge in [-0.15, -0.1) is 5.82 Å². The molecule has 1 nitrogen and oxygen atoms in total. The van der Waals surface area contributed by atoms with E-state index in [4.69, 9.17) is 0 Å². The number of piperidine rings is 1. The maximum absolute atomic E-state index is 15.4. The van der Waals surface area contributed by atoms with Gasteiger partial charge in [0.05, 0.1) is 0 Å². The lowest BCUT2D eigenvalue weighted by Crippen LogP contribution is -2.58. The summed E-state index contributed by atoms with van der Waals surface area (Å²) in [6.45, 7) is 4.08. The van der Waals surface area contributed by atoms with Crippen LogP contribution in [0.5, 0.6) is 0 Å². The van der Waals surface area contributed by atoms with Crippen LogP contribution in [0.15, 0.2) is 0 Å². The van der Waals surface area contributed by atoms with Crippen LogP contribution in [-0.2, 0) is 0 Å². The highest BCUT2D eigenvalue weighted by Gasteiger charge is 2.67. The SMILES string of the molecule is CC1(C)[C@@H]2CC[C@@]1(C)C(=[N+]1CCCCC1)[C@@H]2[B-](c1c(F)c(F)c(F)c(F)c1F)c1c(F)c(F)c(F)c(F)c1F. The molecule has 2 saturated carbocycles. The van der Waals surface area contributed by atoms with Gasteiger partial charge in [0.2, 0.25) is 0 Å². The first kappa shape index (κ1) is 28.0. The largest absolute Gasteiger partial charge is 0.239 e. The van der Waals surface area contributed by atoms with Gasteiger partial charge < -0.3 is 0 Å². The highest BCUT2D eigenvalue weighted by Crippen LogP contribution is 2.68. The van der Waals surface area contributed by atoms with E-state index in [-0.39, 0.29) is 0 Å². The Morgan fingerprint density at radius 2 is 0.974 bits per heavy atom. The van der Waals surface area contributed by atoms with Crippen molar-refractivity contribution >= 4 is 23.4 Å². The molecule has 39 heavy (non-hydrogen) atoms. The molecule has 0 spiro atoms. The summed E-state index contributed by atoms with van der Waals surface area (Å²) in [6.07, 6.45) is 3.22. The van der Waals surface area contributed by atoms with Crippen molar-refractivity contribution in [3.63, 3.8) is 0 Å². The van der Waals surface area contributed by atoms with Crippen molar-refractivity contribution < 1.29 is 48.5 Å². The lowest BCUT2D eigenvalue weighted by Gasteiger charge is -2.42. The number of halogens is 10. The van der Waals surface area contributed by atoms with Crippen molar-refractivity contribution in [1.82, 2.24) is 0 Å². The summed E-state index contributed by atoms with van der Waals surface area (Å²) < 4.78 is 149. The minimum Gasteiger partial charge on any atom is -0.239 e. The lowest BCUT2D eigenvalue weighted by molar-refractivity contribution is -0.541. The van der Waals surface area contributed by atoms with Gasteiger partial charge in [-0.3, -0.25) is 0 Å². The number of hydrogen-bond donors (Lipinski definition) is 0. The second-order valence-corrected chi connectivity index (χ2v) is 11.6. The van der Waals surface area contributed by atoms with Crippen LogP contribution in [0.2, 0.25) is 5.82 Å². The first-order valence-corrected chi connectivity index (χ1v) is 12.8. The first-order valence-electron chi connectivity index (χ1n) is 12.8. The fraction of sp³-hybridized carbons (Fsp3) is 0.519. The fourth-order valence-electron chi connectivity index (χ4n) is 7.56. The van der Waals surface area contributed by atoms with Crippen LogP contribution >= 0.6 is 0 Å². The Bertz CT molecular complexity index is 1280. The molecule has 0 amide bonds. The fourth-order valence-corrected chi connectivity index (χ4v) is 7.56. The predicted octanol–water partition coefficient (Wildman–Crippen LogP) is 6.15. The molecule has 3 atom stereocenters. The zero-order chi connectivity index (χ0) is 28.8. The first-order chi connectivity index (χ1) is 18.2. The lowest BCUT2D eigenvalue weighted by atomic mass is 9.30. The number of benzene rings is 2. The molecule has 0 aromatic heterocycles. The van der Waals surface area contributed by atoms with Gasteiger partial charge in [-0.05, 0) is 31.9 Å². The van der Waals surface area contributed by atoms with Crippen LogP contribution in [0.3, 0.4) is 0 Å². The Kier molecular flexibility index (Phi) is 6.65. The second kappa shape index (κ2) is 9.26. The molecule has 2 aromatic carbocycles. The quantitative estimate of drug-likeness (QED) is 0.138.